The Morgan fingerprint density at radius 1 is 1.07 bits per heavy atom. The zero-order valence-corrected chi connectivity index (χ0v) is 16.3. The zero-order chi connectivity index (χ0) is 20.5. The van der Waals surface area contributed by atoms with Crippen LogP contribution in [-0.4, -0.2) is 32.9 Å². The Kier molecular flexibility index (Phi) is 4.88. The van der Waals surface area contributed by atoms with E-state index in [2.05, 4.69) is 0 Å². The molecule has 7 nitrogen and oxygen atoms in total. The van der Waals surface area contributed by atoms with Gasteiger partial charge < -0.3 is 23.4 Å². The highest BCUT2D eigenvalue weighted by Gasteiger charge is 2.46. The van der Waals surface area contributed by atoms with Gasteiger partial charge >= 0.3 is 11.6 Å². The summed E-state index contributed by atoms with van der Waals surface area (Å²) in [5.41, 5.74) is 0.650. The first-order chi connectivity index (χ1) is 14.1. The molecular weight excluding hydrogens is 376 g/mol. The zero-order valence-electron chi connectivity index (χ0n) is 16.3. The quantitative estimate of drug-likeness (QED) is 0.483. The molecule has 0 radical (unpaired) electrons. The maximum atomic E-state index is 12.9. The molecule has 0 amide bonds. The SMILES string of the molecule is CCOC(=O)[C@H]1Oc2c(c(=O)oc3ccccc23)[C@H]1c1cccc(OC)c1OC. The number of fused-ring (bicyclic) bond motifs is 3. The van der Waals surface area contributed by atoms with Crippen molar-refractivity contribution in [3.05, 3.63) is 64.0 Å². The highest BCUT2D eigenvalue weighted by atomic mass is 16.6. The first-order valence-electron chi connectivity index (χ1n) is 9.20. The molecule has 7 heteroatoms. The van der Waals surface area contributed by atoms with E-state index in [1.165, 1.54) is 14.2 Å². The van der Waals surface area contributed by atoms with E-state index in [0.29, 0.717) is 33.8 Å². The van der Waals surface area contributed by atoms with Crippen molar-refractivity contribution in [3.63, 3.8) is 0 Å². The van der Waals surface area contributed by atoms with E-state index in [0.717, 1.165) is 0 Å². The number of methoxy groups -OCH3 is 2. The largest absolute Gasteiger partial charge is 0.493 e. The van der Waals surface area contributed by atoms with Crippen LogP contribution in [0.25, 0.3) is 11.0 Å². The highest BCUT2D eigenvalue weighted by Crippen LogP contribution is 2.48. The molecule has 150 valence electrons. The molecule has 0 saturated carbocycles. The smallest absolute Gasteiger partial charge is 0.348 e. The Morgan fingerprint density at radius 3 is 2.59 bits per heavy atom. The summed E-state index contributed by atoms with van der Waals surface area (Å²) in [5, 5.41) is 0.612. The van der Waals surface area contributed by atoms with Gasteiger partial charge in [0, 0.05) is 5.56 Å². The summed E-state index contributed by atoms with van der Waals surface area (Å²) in [6, 6.07) is 12.3. The minimum atomic E-state index is -1.06. The number of carbonyl (C=O) groups excluding carboxylic acids is 1. The van der Waals surface area contributed by atoms with Crippen molar-refractivity contribution in [1.29, 1.82) is 0 Å². The summed E-state index contributed by atoms with van der Waals surface area (Å²) in [4.78, 5) is 25.7. The Bertz CT molecular complexity index is 1130. The third kappa shape index (κ3) is 2.99. The maximum absolute atomic E-state index is 12.9. The Morgan fingerprint density at radius 2 is 1.86 bits per heavy atom. The Hall–Kier alpha value is -3.48. The van der Waals surface area contributed by atoms with Gasteiger partial charge in [-0.2, -0.15) is 0 Å². The third-order valence-corrected chi connectivity index (χ3v) is 4.94. The van der Waals surface area contributed by atoms with Crippen LogP contribution in [0.15, 0.2) is 51.7 Å². The average molecular weight is 396 g/mol. The standard InChI is InChI=1S/C22H20O7/c1-4-27-22(24)20-16(13-9-7-11-15(25-2)18(13)26-3)17-19(29-20)12-8-5-6-10-14(12)28-21(17)23/h5-11,16,20H,4H2,1-3H3/t16-,20+/m1/s1. The molecule has 0 unspecified atom stereocenters. The van der Waals surface area contributed by atoms with E-state index < -0.39 is 23.6 Å². The lowest BCUT2D eigenvalue weighted by molar-refractivity contribution is -0.151. The summed E-state index contributed by atoms with van der Waals surface area (Å²) < 4.78 is 27.7. The number of ether oxygens (including phenoxy) is 4. The van der Waals surface area contributed by atoms with Crippen LogP contribution < -0.4 is 19.8 Å². The Labute approximate surface area is 166 Å². The second-order valence-electron chi connectivity index (χ2n) is 6.48. The van der Waals surface area contributed by atoms with Crippen LogP contribution in [0.2, 0.25) is 0 Å². The maximum Gasteiger partial charge on any atom is 0.348 e. The molecule has 2 heterocycles. The van der Waals surface area contributed by atoms with Crippen LogP contribution in [0.3, 0.4) is 0 Å². The number of hydrogen-bond donors (Lipinski definition) is 0. The molecule has 0 bridgehead atoms. The van der Waals surface area contributed by atoms with E-state index in [4.69, 9.17) is 23.4 Å². The average Bonchev–Trinajstić information content (AvgIpc) is 3.15. The summed E-state index contributed by atoms with van der Waals surface area (Å²) in [6.45, 7) is 1.90. The van der Waals surface area contributed by atoms with Crippen molar-refractivity contribution >= 4 is 16.9 Å². The fourth-order valence-electron chi connectivity index (χ4n) is 3.76. The molecule has 4 rings (SSSR count). The first-order valence-corrected chi connectivity index (χ1v) is 9.20. The summed E-state index contributed by atoms with van der Waals surface area (Å²) in [6.07, 6.45) is -1.06. The van der Waals surface area contributed by atoms with Crippen LogP contribution >= 0.6 is 0 Å². The van der Waals surface area contributed by atoms with E-state index in [9.17, 15) is 9.59 Å². The van der Waals surface area contributed by atoms with Gasteiger partial charge in [-0.15, -0.1) is 0 Å². The molecule has 29 heavy (non-hydrogen) atoms. The lowest BCUT2D eigenvalue weighted by Gasteiger charge is -2.20. The summed E-state index contributed by atoms with van der Waals surface area (Å²) in [5.74, 6) is -0.119. The summed E-state index contributed by atoms with van der Waals surface area (Å²) >= 11 is 0. The molecule has 1 aliphatic heterocycles. The lowest BCUT2D eigenvalue weighted by Crippen LogP contribution is -2.32. The van der Waals surface area contributed by atoms with E-state index >= 15 is 0 Å². The number of esters is 1. The molecule has 0 fully saturated rings. The number of para-hydroxylation sites is 2. The first kappa shape index (κ1) is 18.9. The number of carbonyl (C=O) groups is 1. The predicted octanol–water partition coefficient (Wildman–Crippen LogP) is 3.27. The van der Waals surface area contributed by atoms with Crippen molar-refractivity contribution in [1.82, 2.24) is 0 Å². The molecule has 0 N–H and O–H groups in total. The minimum Gasteiger partial charge on any atom is -0.493 e. The molecule has 1 aromatic heterocycles. The van der Waals surface area contributed by atoms with Gasteiger partial charge in [0.25, 0.3) is 0 Å². The molecular formula is C22H20O7. The van der Waals surface area contributed by atoms with Crippen molar-refractivity contribution in [2.45, 2.75) is 18.9 Å². The molecule has 1 aliphatic rings. The van der Waals surface area contributed by atoms with Gasteiger partial charge in [0.05, 0.1) is 37.7 Å². The predicted molar refractivity (Wildman–Crippen MR) is 105 cm³/mol. The van der Waals surface area contributed by atoms with Crippen LogP contribution in [-0.2, 0) is 9.53 Å². The molecule has 0 spiro atoms. The summed E-state index contributed by atoms with van der Waals surface area (Å²) in [7, 11) is 3.02. The van der Waals surface area contributed by atoms with Crippen molar-refractivity contribution in [2.75, 3.05) is 20.8 Å². The van der Waals surface area contributed by atoms with Crippen molar-refractivity contribution < 1.29 is 28.2 Å². The van der Waals surface area contributed by atoms with Gasteiger partial charge in [0.1, 0.15) is 11.3 Å². The van der Waals surface area contributed by atoms with Gasteiger partial charge in [0.2, 0.25) is 6.10 Å². The second-order valence-corrected chi connectivity index (χ2v) is 6.48. The van der Waals surface area contributed by atoms with E-state index in [1.807, 2.05) is 6.07 Å². The van der Waals surface area contributed by atoms with Gasteiger partial charge in [-0.3, -0.25) is 0 Å². The topological polar surface area (TPSA) is 84.2 Å². The number of hydrogen-bond acceptors (Lipinski definition) is 7. The molecule has 0 aliphatic carbocycles. The molecule has 2 aromatic carbocycles. The van der Waals surface area contributed by atoms with Crippen molar-refractivity contribution in [2.24, 2.45) is 0 Å². The third-order valence-electron chi connectivity index (χ3n) is 4.94. The van der Waals surface area contributed by atoms with Crippen molar-refractivity contribution in [3.8, 4) is 17.2 Å². The van der Waals surface area contributed by atoms with E-state index in [1.54, 1.807) is 43.3 Å². The van der Waals surface area contributed by atoms with E-state index in [-0.39, 0.29) is 12.2 Å². The highest BCUT2D eigenvalue weighted by molar-refractivity contribution is 5.88. The molecule has 2 atom stereocenters. The monoisotopic (exact) mass is 396 g/mol. The molecule has 0 saturated heterocycles. The second kappa shape index (κ2) is 7.50. The van der Waals surface area contributed by atoms with Crippen LogP contribution in [0.5, 0.6) is 17.2 Å². The fourth-order valence-corrected chi connectivity index (χ4v) is 3.76. The number of benzene rings is 2. The van der Waals surface area contributed by atoms with Crippen LogP contribution in [0, 0.1) is 0 Å². The number of rotatable bonds is 5. The fraction of sp³-hybridized carbons (Fsp3) is 0.273. The minimum absolute atomic E-state index is 0.187. The van der Waals surface area contributed by atoms with Crippen LogP contribution in [0.1, 0.15) is 24.0 Å². The normalized spacial score (nSPS) is 17.5. The van der Waals surface area contributed by atoms with Crippen LogP contribution in [0.4, 0.5) is 0 Å². The Balaban J connectivity index is 2.00. The molecule has 3 aromatic rings. The lowest BCUT2D eigenvalue weighted by atomic mass is 9.87. The van der Waals surface area contributed by atoms with Gasteiger partial charge in [-0.05, 0) is 25.1 Å². The van der Waals surface area contributed by atoms with Gasteiger partial charge in [0.15, 0.2) is 11.5 Å². The van der Waals surface area contributed by atoms with Gasteiger partial charge in [-0.1, -0.05) is 24.3 Å². The van der Waals surface area contributed by atoms with Gasteiger partial charge in [-0.25, -0.2) is 9.59 Å².